The molecule has 3 rings (SSSR count). The van der Waals surface area contributed by atoms with E-state index in [9.17, 15) is 0 Å². The van der Waals surface area contributed by atoms with E-state index >= 15 is 0 Å². The van der Waals surface area contributed by atoms with Crippen molar-refractivity contribution in [1.29, 1.82) is 0 Å². The minimum Gasteiger partial charge on any atom is -0.490 e. The number of para-hydroxylation sites is 1. The Bertz CT molecular complexity index is 511. The number of rotatable bonds is 5. The van der Waals surface area contributed by atoms with Crippen molar-refractivity contribution in [2.75, 3.05) is 7.05 Å². The quantitative estimate of drug-likeness (QED) is 0.646. The summed E-state index contributed by atoms with van der Waals surface area (Å²) in [7, 11) is 1.82. The van der Waals surface area contributed by atoms with Crippen molar-refractivity contribution in [3.8, 4) is 5.75 Å². The first-order chi connectivity index (χ1) is 10.3. The molecule has 0 aromatic heterocycles. The minimum absolute atomic E-state index is 0.413. The van der Waals surface area contributed by atoms with Crippen molar-refractivity contribution in [2.45, 2.75) is 51.3 Å². The Morgan fingerprint density at radius 1 is 1.33 bits per heavy atom. The number of hydrogen-bond acceptors (Lipinski definition) is 2. The fourth-order valence-corrected chi connectivity index (χ4v) is 2.51. The molecule has 1 aromatic carbocycles. The van der Waals surface area contributed by atoms with Crippen LogP contribution in [0.5, 0.6) is 5.75 Å². The number of nitrogens with zero attached hydrogens (tertiary/aromatic N) is 1. The Morgan fingerprint density at radius 2 is 2.10 bits per heavy atom. The number of nitrogens with one attached hydrogen (secondary N) is 2. The monoisotopic (exact) mass is 287 g/mol. The molecular formula is C17H25N3O. The first-order valence-electron chi connectivity index (χ1n) is 7.98. The smallest absolute Gasteiger partial charge is 0.191 e. The summed E-state index contributed by atoms with van der Waals surface area (Å²) in [5, 5.41) is 6.83. The van der Waals surface area contributed by atoms with E-state index < -0.39 is 0 Å². The molecule has 2 atom stereocenters. The lowest BCUT2D eigenvalue weighted by Crippen LogP contribution is -2.38. The summed E-state index contributed by atoms with van der Waals surface area (Å²) in [6, 6.07) is 8.86. The Kier molecular flexibility index (Phi) is 4.32. The molecule has 2 saturated carbocycles. The summed E-state index contributed by atoms with van der Waals surface area (Å²) >= 11 is 0. The van der Waals surface area contributed by atoms with Gasteiger partial charge in [-0.25, -0.2) is 0 Å². The molecule has 0 bridgehead atoms. The second kappa shape index (κ2) is 6.37. The second-order valence-electron chi connectivity index (χ2n) is 6.17. The molecule has 0 saturated heterocycles. The van der Waals surface area contributed by atoms with Gasteiger partial charge in [-0.3, -0.25) is 4.99 Å². The molecule has 21 heavy (non-hydrogen) atoms. The molecule has 0 aliphatic heterocycles. The summed E-state index contributed by atoms with van der Waals surface area (Å²) < 4.78 is 6.06. The zero-order chi connectivity index (χ0) is 14.7. The van der Waals surface area contributed by atoms with Gasteiger partial charge in [0.15, 0.2) is 5.96 Å². The van der Waals surface area contributed by atoms with Crippen LogP contribution in [0.15, 0.2) is 29.3 Å². The first kappa shape index (κ1) is 14.2. The zero-order valence-electron chi connectivity index (χ0n) is 12.9. The van der Waals surface area contributed by atoms with Gasteiger partial charge in [0.2, 0.25) is 0 Å². The van der Waals surface area contributed by atoms with E-state index in [0.717, 1.165) is 24.2 Å². The number of benzene rings is 1. The molecule has 4 heteroatoms. The third-order valence-electron chi connectivity index (χ3n) is 4.42. The first-order valence-corrected chi connectivity index (χ1v) is 7.98. The fraction of sp³-hybridized carbons (Fsp3) is 0.588. The predicted molar refractivity (Wildman–Crippen MR) is 85.6 cm³/mol. The minimum atomic E-state index is 0.413. The maximum atomic E-state index is 6.06. The molecule has 2 aliphatic carbocycles. The number of guanidine groups is 1. The number of hydrogen-bond donors (Lipinski definition) is 2. The SMILES string of the molecule is CN=C(NCc1ccccc1OC1CCC1)NC1CC1C. The molecule has 1 aromatic rings. The van der Waals surface area contributed by atoms with Crippen LogP contribution >= 0.6 is 0 Å². The van der Waals surface area contributed by atoms with Crippen LogP contribution in [0.25, 0.3) is 0 Å². The molecule has 0 amide bonds. The second-order valence-corrected chi connectivity index (χ2v) is 6.17. The van der Waals surface area contributed by atoms with Gasteiger partial charge in [0.05, 0.1) is 6.10 Å². The lowest BCUT2D eigenvalue weighted by atomic mass is 9.96. The molecule has 0 radical (unpaired) electrons. The van der Waals surface area contributed by atoms with E-state index in [4.69, 9.17) is 4.74 Å². The van der Waals surface area contributed by atoms with Gasteiger partial charge in [-0.15, -0.1) is 0 Å². The van der Waals surface area contributed by atoms with Gasteiger partial charge in [0, 0.05) is 25.2 Å². The van der Waals surface area contributed by atoms with Gasteiger partial charge in [-0.05, 0) is 37.7 Å². The van der Waals surface area contributed by atoms with Crippen LogP contribution in [0.3, 0.4) is 0 Å². The van der Waals surface area contributed by atoms with Crippen molar-refractivity contribution in [1.82, 2.24) is 10.6 Å². The lowest BCUT2D eigenvalue weighted by molar-refractivity contribution is 0.119. The van der Waals surface area contributed by atoms with E-state index in [1.165, 1.54) is 31.2 Å². The molecule has 2 unspecified atom stereocenters. The average Bonchev–Trinajstić information content (AvgIpc) is 3.15. The topological polar surface area (TPSA) is 45.7 Å². The van der Waals surface area contributed by atoms with Gasteiger partial charge < -0.3 is 15.4 Å². The maximum Gasteiger partial charge on any atom is 0.191 e. The summed E-state index contributed by atoms with van der Waals surface area (Å²) in [5.74, 6) is 2.64. The summed E-state index contributed by atoms with van der Waals surface area (Å²) in [4.78, 5) is 4.29. The van der Waals surface area contributed by atoms with Crippen LogP contribution < -0.4 is 15.4 Å². The van der Waals surface area contributed by atoms with Gasteiger partial charge in [0.1, 0.15) is 5.75 Å². The van der Waals surface area contributed by atoms with E-state index in [2.05, 4.69) is 40.7 Å². The third kappa shape index (κ3) is 3.69. The standard InChI is InChI=1S/C17H25N3O/c1-12-10-15(12)20-17(18-2)19-11-13-6-3-4-9-16(13)21-14-7-5-8-14/h3-4,6,9,12,14-15H,5,7-8,10-11H2,1-2H3,(H2,18,19,20). The van der Waals surface area contributed by atoms with E-state index in [0.29, 0.717) is 12.1 Å². The number of aliphatic imine (C=N–C) groups is 1. The van der Waals surface area contributed by atoms with E-state index in [1.54, 1.807) is 0 Å². The van der Waals surface area contributed by atoms with Crippen LogP contribution in [-0.4, -0.2) is 25.2 Å². The molecular weight excluding hydrogens is 262 g/mol. The summed E-state index contributed by atoms with van der Waals surface area (Å²) in [6.45, 7) is 3.00. The van der Waals surface area contributed by atoms with E-state index in [1.807, 2.05) is 13.1 Å². The Morgan fingerprint density at radius 3 is 2.71 bits per heavy atom. The van der Waals surface area contributed by atoms with Crippen molar-refractivity contribution >= 4 is 5.96 Å². The lowest BCUT2D eigenvalue weighted by Gasteiger charge is -2.27. The van der Waals surface area contributed by atoms with Crippen LogP contribution in [0.2, 0.25) is 0 Å². The van der Waals surface area contributed by atoms with Gasteiger partial charge >= 0.3 is 0 Å². The Hall–Kier alpha value is -1.71. The summed E-state index contributed by atoms with van der Waals surface area (Å²) in [5.41, 5.74) is 1.19. The molecule has 0 spiro atoms. The Balaban J connectivity index is 1.56. The van der Waals surface area contributed by atoms with Gasteiger partial charge in [-0.1, -0.05) is 25.1 Å². The average molecular weight is 287 g/mol. The van der Waals surface area contributed by atoms with Crippen LogP contribution in [0.4, 0.5) is 0 Å². The third-order valence-corrected chi connectivity index (χ3v) is 4.42. The van der Waals surface area contributed by atoms with Crippen molar-refractivity contribution in [3.05, 3.63) is 29.8 Å². The zero-order valence-corrected chi connectivity index (χ0v) is 12.9. The predicted octanol–water partition coefficient (Wildman–Crippen LogP) is 2.69. The molecule has 2 fully saturated rings. The van der Waals surface area contributed by atoms with E-state index in [-0.39, 0.29) is 0 Å². The Labute approximate surface area is 127 Å². The van der Waals surface area contributed by atoms with Crippen molar-refractivity contribution in [2.24, 2.45) is 10.9 Å². The largest absolute Gasteiger partial charge is 0.490 e. The summed E-state index contributed by atoms with van der Waals surface area (Å²) in [6.07, 6.45) is 5.31. The molecule has 4 nitrogen and oxygen atoms in total. The van der Waals surface area contributed by atoms with Crippen LogP contribution in [0, 0.1) is 5.92 Å². The van der Waals surface area contributed by atoms with Crippen LogP contribution in [0.1, 0.15) is 38.2 Å². The highest BCUT2D eigenvalue weighted by molar-refractivity contribution is 5.80. The van der Waals surface area contributed by atoms with Gasteiger partial charge in [0.25, 0.3) is 0 Å². The van der Waals surface area contributed by atoms with Crippen molar-refractivity contribution < 1.29 is 4.74 Å². The number of ether oxygens (including phenoxy) is 1. The molecule has 2 aliphatic rings. The maximum absolute atomic E-state index is 6.06. The molecule has 114 valence electrons. The molecule has 0 heterocycles. The highest BCUT2D eigenvalue weighted by Crippen LogP contribution is 2.29. The van der Waals surface area contributed by atoms with Gasteiger partial charge in [-0.2, -0.15) is 0 Å². The molecule has 2 N–H and O–H groups in total. The highest BCUT2D eigenvalue weighted by Gasteiger charge is 2.33. The van der Waals surface area contributed by atoms with Crippen molar-refractivity contribution in [3.63, 3.8) is 0 Å². The normalized spacial score (nSPS) is 25.1. The van der Waals surface area contributed by atoms with Crippen LogP contribution in [-0.2, 0) is 6.54 Å². The highest BCUT2D eigenvalue weighted by atomic mass is 16.5. The fourth-order valence-electron chi connectivity index (χ4n) is 2.51.